The van der Waals surface area contributed by atoms with Crippen LogP contribution in [0.5, 0.6) is 0 Å². The first-order valence-corrected chi connectivity index (χ1v) is 7.68. The highest BCUT2D eigenvalue weighted by Crippen LogP contribution is 2.41. The van der Waals surface area contributed by atoms with Crippen LogP contribution in [0.1, 0.15) is 11.3 Å². The molecular weight excluding hydrogens is 270 g/mol. The minimum atomic E-state index is -0.232. The quantitative estimate of drug-likeness (QED) is 0.919. The molecule has 4 rings (SSSR count). The monoisotopic (exact) mass is 285 g/mol. The van der Waals surface area contributed by atoms with Gasteiger partial charge in [-0.1, -0.05) is 18.2 Å². The van der Waals surface area contributed by atoms with Crippen molar-refractivity contribution in [3.05, 3.63) is 46.4 Å². The largest absolute Gasteiger partial charge is 0.325 e. The molecule has 1 saturated heterocycles. The lowest BCUT2D eigenvalue weighted by molar-refractivity contribution is -0.137. The number of carbonyl (C=O) groups is 1. The Balaban J connectivity index is 1.49. The fraction of sp³-hybridized carbons (Fsp3) is 0.333. The van der Waals surface area contributed by atoms with Crippen LogP contribution in [0.2, 0.25) is 0 Å². The van der Waals surface area contributed by atoms with E-state index in [0.29, 0.717) is 0 Å². The summed E-state index contributed by atoms with van der Waals surface area (Å²) in [6, 6.07) is 8.09. The Morgan fingerprint density at radius 2 is 2.20 bits per heavy atom. The van der Waals surface area contributed by atoms with Gasteiger partial charge in [-0.15, -0.1) is 11.3 Å². The van der Waals surface area contributed by atoms with E-state index in [1.54, 1.807) is 11.3 Å². The molecule has 102 valence electrons. The van der Waals surface area contributed by atoms with E-state index in [9.17, 15) is 4.79 Å². The molecule has 4 nitrogen and oxygen atoms in total. The van der Waals surface area contributed by atoms with Crippen molar-refractivity contribution in [1.82, 2.24) is 9.88 Å². The van der Waals surface area contributed by atoms with Gasteiger partial charge < -0.3 is 5.32 Å². The Hall–Kier alpha value is -1.72. The average molecular weight is 285 g/mol. The van der Waals surface area contributed by atoms with Crippen LogP contribution < -0.4 is 5.32 Å². The maximum Gasteiger partial charge on any atom is 0.233 e. The summed E-state index contributed by atoms with van der Waals surface area (Å²) in [5, 5.41) is 5.12. The van der Waals surface area contributed by atoms with Crippen LogP contribution in [-0.2, 0) is 17.8 Å². The Labute approximate surface area is 121 Å². The van der Waals surface area contributed by atoms with Crippen molar-refractivity contribution in [1.29, 1.82) is 0 Å². The molecule has 2 aliphatic heterocycles. The number of carbonyl (C=O) groups excluding carboxylic acids is 1. The van der Waals surface area contributed by atoms with E-state index in [1.807, 2.05) is 23.7 Å². The van der Waals surface area contributed by atoms with Crippen molar-refractivity contribution < 1.29 is 4.79 Å². The smallest absolute Gasteiger partial charge is 0.233 e. The van der Waals surface area contributed by atoms with E-state index in [4.69, 9.17) is 0 Å². The molecule has 1 amide bonds. The number of fused-ring (bicyclic) bond motifs is 1. The van der Waals surface area contributed by atoms with Gasteiger partial charge in [0.25, 0.3) is 0 Å². The first-order valence-electron chi connectivity index (χ1n) is 6.74. The van der Waals surface area contributed by atoms with E-state index in [2.05, 4.69) is 26.6 Å². The fourth-order valence-corrected chi connectivity index (χ4v) is 3.77. The number of rotatable bonds is 2. The van der Waals surface area contributed by atoms with Gasteiger partial charge in [0, 0.05) is 30.7 Å². The molecular formula is C15H15N3OS. The lowest BCUT2D eigenvalue weighted by Crippen LogP contribution is -2.63. The summed E-state index contributed by atoms with van der Waals surface area (Å²) in [4.78, 5) is 19.0. The zero-order valence-corrected chi connectivity index (χ0v) is 11.8. The van der Waals surface area contributed by atoms with Gasteiger partial charge in [-0.25, -0.2) is 4.98 Å². The molecule has 0 saturated carbocycles. The van der Waals surface area contributed by atoms with Crippen molar-refractivity contribution in [2.75, 3.05) is 18.4 Å². The Kier molecular flexibility index (Phi) is 2.65. The molecule has 0 bridgehead atoms. The Morgan fingerprint density at radius 1 is 1.35 bits per heavy atom. The second-order valence-electron chi connectivity index (χ2n) is 5.69. The van der Waals surface area contributed by atoms with Gasteiger partial charge in [-0.2, -0.15) is 0 Å². The fourth-order valence-electron chi connectivity index (χ4n) is 3.22. The van der Waals surface area contributed by atoms with Gasteiger partial charge in [-0.05, 0) is 18.1 Å². The summed E-state index contributed by atoms with van der Waals surface area (Å²) in [7, 11) is 0. The van der Waals surface area contributed by atoms with E-state index < -0.39 is 0 Å². The van der Waals surface area contributed by atoms with Crippen molar-refractivity contribution in [3.63, 3.8) is 0 Å². The zero-order valence-electron chi connectivity index (χ0n) is 11.0. The second-order valence-corrected chi connectivity index (χ2v) is 6.41. The lowest BCUT2D eigenvalue weighted by atomic mass is 9.71. The zero-order chi connectivity index (χ0) is 13.6. The van der Waals surface area contributed by atoms with Crippen molar-refractivity contribution in [3.8, 4) is 0 Å². The molecule has 2 aromatic rings. The summed E-state index contributed by atoms with van der Waals surface area (Å²) in [5.41, 5.74) is 4.95. The van der Waals surface area contributed by atoms with Crippen molar-refractivity contribution in [2.24, 2.45) is 5.41 Å². The molecule has 0 radical (unpaired) electrons. The SMILES string of the molecule is O=C1Nc2ccccc2CC12CN(Cc1cscn1)C2. The van der Waals surface area contributed by atoms with Gasteiger partial charge in [0.1, 0.15) is 0 Å². The van der Waals surface area contributed by atoms with Gasteiger partial charge in [-0.3, -0.25) is 9.69 Å². The van der Waals surface area contributed by atoms with E-state index in [0.717, 1.165) is 37.4 Å². The Morgan fingerprint density at radius 3 is 3.00 bits per heavy atom. The molecule has 1 fully saturated rings. The van der Waals surface area contributed by atoms with Crippen molar-refractivity contribution in [2.45, 2.75) is 13.0 Å². The van der Waals surface area contributed by atoms with Crippen LogP contribution in [0, 0.1) is 5.41 Å². The molecule has 0 aliphatic carbocycles. The summed E-state index contributed by atoms with van der Waals surface area (Å²) in [5.74, 6) is 0.172. The van der Waals surface area contributed by atoms with Crippen LogP contribution in [0.25, 0.3) is 0 Å². The normalized spacial score (nSPS) is 20.3. The number of anilines is 1. The standard InChI is InChI=1S/C15H15N3OS/c19-14-15(5-11-3-1-2-4-13(11)17-14)8-18(9-15)6-12-7-20-10-16-12/h1-4,7,10H,5-6,8-9H2,(H,17,19). The van der Waals surface area contributed by atoms with Gasteiger partial charge in [0.2, 0.25) is 5.91 Å². The predicted octanol–water partition coefficient (Wildman–Crippen LogP) is 2.14. The number of para-hydroxylation sites is 1. The van der Waals surface area contributed by atoms with Gasteiger partial charge >= 0.3 is 0 Å². The third-order valence-corrected chi connectivity index (χ3v) is 4.83. The van der Waals surface area contributed by atoms with Gasteiger partial charge in [0.15, 0.2) is 0 Å². The number of hydrogen-bond acceptors (Lipinski definition) is 4. The molecule has 3 heterocycles. The highest BCUT2D eigenvalue weighted by Gasteiger charge is 2.51. The minimum Gasteiger partial charge on any atom is -0.325 e. The Bertz CT molecular complexity index is 647. The number of thiazole rings is 1. The maximum absolute atomic E-state index is 12.4. The lowest BCUT2D eigenvalue weighted by Gasteiger charge is -2.50. The van der Waals surface area contributed by atoms with Crippen LogP contribution in [-0.4, -0.2) is 28.9 Å². The molecule has 1 spiro atoms. The summed E-state index contributed by atoms with van der Waals surface area (Å²) >= 11 is 1.62. The molecule has 1 N–H and O–H groups in total. The maximum atomic E-state index is 12.4. The van der Waals surface area contributed by atoms with Crippen LogP contribution in [0.15, 0.2) is 35.2 Å². The molecule has 0 unspecified atom stereocenters. The van der Waals surface area contributed by atoms with Gasteiger partial charge in [0.05, 0.1) is 16.6 Å². The number of nitrogens with one attached hydrogen (secondary N) is 1. The second kappa shape index (κ2) is 4.40. The average Bonchev–Trinajstić information content (AvgIpc) is 2.90. The number of aromatic nitrogens is 1. The molecule has 5 heteroatoms. The topological polar surface area (TPSA) is 45.2 Å². The highest BCUT2D eigenvalue weighted by molar-refractivity contribution is 7.07. The minimum absolute atomic E-state index is 0.172. The first kappa shape index (κ1) is 12.1. The number of likely N-dealkylation sites (tertiary alicyclic amines) is 1. The van der Waals surface area contributed by atoms with Crippen molar-refractivity contribution >= 4 is 22.9 Å². The van der Waals surface area contributed by atoms with E-state index >= 15 is 0 Å². The molecule has 1 aromatic carbocycles. The summed E-state index contributed by atoms with van der Waals surface area (Å²) in [6.45, 7) is 2.50. The number of benzene rings is 1. The first-order chi connectivity index (χ1) is 9.75. The number of hydrogen-bond donors (Lipinski definition) is 1. The molecule has 2 aliphatic rings. The third-order valence-electron chi connectivity index (χ3n) is 4.20. The predicted molar refractivity (Wildman–Crippen MR) is 78.6 cm³/mol. The third kappa shape index (κ3) is 1.85. The van der Waals surface area contributed by atoms with Crippen LogP contribution in [0.3, 0.4) is 0 Å². The molecule has 20 heavy (non-hydrogen) atoms. The molecule has 1 aromatic heterocycles. The van der Waals surface area contributed by atoms with Crippen LogP contribution in [0.4, 0.5) is 5.69 Å². The van der Waals surface area contributed by atoms with E-state index in [1.165, 1.54) is 5.56 Å². The van der Waals surface area contributed by atoms with Crippen LogP contribution >= 0.6 is 11.3 Å². The highest BCUT2D eigenvalue weighted by atomic mass is 32.1. The number of nitrogens with zero attached hydrogens (tertiary/aromatic N) is 2. The van der Waals surface area contributed by atoms with E-state index in [-0.39, 0.29) is 11.3 Å². The summed E-state index contributed by atoms with van der Waals surface area (Å²) < 4.78 is 0. The number of amides is 1. The summed E-state index contributed by atoms with van der Waals surface area (Å²) in [6.07, 6.45) is 0.850. The molecule has 0 atom stereocenters.